The number of nitrogens with zero attached hydrogens (tertiary/aromatic N) is 1. The maximum absolute atomic E-state index is 13.6. The van der Waals surface area contributed by atoms with Crippen LogP contribution >= 0.6 is 0 Å². The van der Waals surface area contributed by atoms with Crippen LogP contribution in [-0.2, 0) is 4.79 Å². The van der Waals surface area contributed by atoms with Gasteiger partial charge in [-0.1, -0.05) is 103 Å². The lowest BCUT2D eigenvalue weighted by atomic mass is 9.79. The van der Waals surface area contributed by atoms with Gasteiger partial charge in [0.25, 0.3) is 5.91 Å². The fourth-order valence-electron chi connectivity index (χ4n) is 6.77. The molecule has 0 bridgehead atoms. The zero-order valence-corrected chi connectivity index (χ0v) is 26.2. The molecule has 232 valence electrons. The fraction of sp³-hybridized carbons (Fsp3) is 0.143. The lowest BCUT2D eigenvalue weighted by Crippen LogP contribution is -2.38. The van der Waals surface area contributed by atoms with Crippen LogP contribution in [0.3, 0.4) is 0 Å². The third kappa shape index (κ3) is 6.80. The molecule has 0 spiro atoms. The lowest BCUT2D eigenvalue weighted by molar-refractivity contribution is -0.119. The summed E-state index contributed by atoms with van der Waals surface area (Å²) in [5.41, 5.74) is 6.30. The van der Waals surface area contributed by atoms with Gasteiger partial charge in [-0.3, -0.25) is 9.59 Å². The SMILES string of the molecule is O=C(Nc1ccc(N2CCC(C(C(=O)Nc3ccccc3)c3ccccc3)CC2)cc1)c1ccccc1-c1ccc2ccccc2c1. The van der Waals surface area contributed by atoms with Gasteiger partial charge < -0.3 is 15.5 Å². The number of piperidine rings is 1. The number of fused-ring (bicyclic) bond motifs is 1. The molecule has 6 aromatic rings. The number of carbonyl (C=O) groups excluding carboxylic acids is 2. The number of benzene rings is 6. The van der Waals surface area contributed by atoms with E-state index >= 15 is 0 Å². The second-order valence-electron chi connectivity index (χ2n) is 12.2. The first-order valence-electron chi connectivity index (χ1n) is 16.3. The maximum Gasteiger partial charge on any atom is 0.256 e. The molecule has 7 rings (SSSR count). The van der Waals surface area contributed by atoms with Gasteiger partial charge in [0, 0.05) is 35.7 Å². The molecule has 1 aliphatic heterocycles. The number of rotatable bonds is 8. The summed E-state index contributed by atoms with van der Waals surface area (Å²) in [6, 6.07) is 50.2. The Balaban J connectivity index is 1.01. The van der Waals surface area contributed by atoms with E-state index in [1.807, 2.05) is 97.1 Å². The van der Waals surface area contributed by atoms with Crippen molar-refractivity contribution in [3.05, 3.63) is 163 Å². The highest BCUT2D eigenvalue weighted by atomic mass is 16.2. The number of amides is 2. The summed E-state index contributed by atoms with van der Waals surface area (Å²) in [4.78, 5) is 29.4. The van der Waals surface area contributed by atoms with Crippen LogP contribution in [0.2, 0.25) is 0 Å². The minimum absolute atomic E-state index is 0.0446. The van der Waals surface area contributed by atoms with Crippen molar-refractivity contribution in [2.45, 2.75) is 18.8 Å². The van der Waals surface area contributed by atoms with Gasteiger partial charge in [-0.15, -0.1) is 0 Å². The minimum Gasteiger partial charge on any atom is -0.372 e. The molecule has 1 unspecified atom stereocenters. The molecule has 2 amide bonds. The maximum atomic E-state index is 13.6. The van der Waals surface area contributed by atoms with Crippen molar-refractivity contribution in [2.75, 3.05) is 28.6 Å². The number of anilines is 3. The van der Waals surface area contributed by atoms with E-state index in [4.69, 9.17) is 0 Å². The Hall–Kier alpha value is -5.68. The smallest absolute Gasteiger partial charge is 0.256 e. The Morgan fingerprint density at radius 2 is 1.21 bits per heavy atom. The van der Waals surface area contributed by atoms with E-state index < -0.39 is 0 Å². The number of para-hydroxylation sites is 1. The van der Waals surface area contributed by atoms with E-state index in [1.165, 1.54) is 5.39 Å². The molecule has 5 heteroatoms. The first-order chi connectivity index (χ1) is 23.1. The summed E-state index contributed by atoms with van der Waals surface area (Å²) in [7, 11) is 0. The molecular weight excluding hydrogens is 578 g/mol. The Morgan fingerprint density at radius 1 is 0.596 bits per heavy atom. The van der Waals surface area contributed by atoms with E-state index in [9.17, 15) is 9.59 Å². The summed E-state index contributed by atoms with van der Waals surface area (Å²) in [5, 5.41) is 8.57. The average Bonchev–Trinajstić information content (AvgIpc) is 3.13. The highest BCUT2D eigenvalue weighted by Gasteiger charge is 2.33. The minimum atomic E-state index is -0.214. The van der Waals surface area contributed by atoms with Gasteiger partial charge in [-0.05, 0) is 94.8 Å². The summed E-state index contributed by atoms with van der Waals surface area (Å²) in [6.45, 7) is 1.72. The van der Waals surface area contributed by atoms with Crippen molar-refractivity contribution < 1.29 is 9.59 Å². The fourth-order valence-corrected chi connectivity index (χ4v) is 6.77. The largest absolute Gasteiger partial charge is 0.372 e. The molecule has 6 aromatic carbocycles. The molecule has 0 saturated carbocycles. The van der Waals surface area contributed by atoms with Crippen molar-refractivity contribution in [3.63, 3.8) is 0 Å². The van der Waals surface area contributed by atoms with Crippen LogP contribution < -0.4 is 15.5 Å². The predicted octanol–water partition coefficient (Wildman–Crippen LogP) is 9.40. The van der Waals surface area contributed by atoms with Gasteiger partial charge in [0.15, 0.2) is 0 Å². The molecule has 2 N–H and O–H groups in total. The molecule has 0 radical (unpaired) electrons. The van der Waals surface area contributed by atoms with Crippen molar-refractivity contribution in [1.29, 1.82) is 0 Å². The molecule has 1 fully saturated rings. The quantitative estimate of drug-likeness (QED) is 0.179. The third-order valence-electron chi connectivity index (χ3n) is 9.22. The second-order valence-corrected chi connectivity index (χ2v) is 12.2. The Labute approximate surface area is 275 Å². The van der Waals surface area contributed by atoms with Crippen LogP contribution in [0.1, 0.15) is 34.7 Å². The van der Waals surface area contributed by atoms with Crippen LogP contribution in [0.25, 0.3) is 21.9 Å². The van der Waals surface area contributed by atoms with E-state index in [1.54, 1.807) is 0 Å². The van der Waals surface area contributed by atoms with Crippen molar-refractivity contribution in [2.24, 2.45) is 5.92 Å². The summed E-state index contributed by atoms with van der Waals surface area (Å²) < 4.78 is 0. The molecule has 1 atom stereocenters. The molecule has 1 aliphatic rings. The van der Waals surface area contributed by atoms with Crippen LogP contribution in [0.4, 0.5) is 17.1 Å². The highest BCUT2D eigenvalue weighted by molar-refractivity contribution is 6.09. The second kappa shape index (κ2) is 13.8. The molecule has 0 aromatic heterocycles. The first kappa shape index (κ1) is 30.0. The van der Waals surface area contributed by atoms with Crippen molar-refractivity contribution in [1.82, 2.24) is 0 Å². The van der Waals surface area contributed by atoms with Gasteiger partial charge in [-0.2, -0.15) is 0 Å². The van der Waals surface area contributed by atoms with Crippen molar-refractivity contribution in [3.8, 4) is 11.1 Å². The standard InChI is InChI=1S/C42H37N3O2/c46-41(39-18-10-9-17-38(39)34-20-19-30-11-7-8-14-33(30)29-34)43-36-21-23-37(24-22-36)45-27-25-32(26-28-45)40(31-12-3-1-4-13-31)42(47)44-35-15-5-2-6-16-35/h1-24,29,32,40H,25-28H2,(H,43,46)(H,44,47). The van der Waals surface area contributed by atoms with Crippen LogP contribution in [0, 0.1) is 5.92 Å². The van der Waals surface area contributed by atoms with Crippen molar-refractivity contribution >= 4 is 39.6 Å². The van der Waals surface area contributed by atoms with Crippen LogP contribution in [0.15, 0.2) is 152 Å². The molecule has 5 nitrogen and oxygen atoms in total. The van der Waals surface area contributed by atoms with E-state index in [0.717, 1.165) is 65.1 Å². The average molecular weight is 616 g/mol. The Kier molecular flexibility index (Phi) is 8.78. The normalized spacial score (nSPS) is 14.0. The van der Waals surface area contributed by atoms with E-state index in [0.29, 0.717) is 5.56 Å². The number of carbonyl (C=O) groups is 2. The predicted molar refractivity (Wildman–Crippen MR) is 193 cm³/mol. The molecule has 0 aliphatic carbocycles. The van der Waals surface area contributed by atoms with E-state index in [-0.39, 0.29) is 23.7 Å². The number of hydrogen-bond acceptors (Lipinski definition) is 3. The van der Waals surface area contributed by atoms with E-state index in [2.05, 4.69) is 70.1 Å². The Morgan fingerprint density at radius 3 is 1.96 bits per heavy atom. The molecule has 1 heterocycles. The topological polar surface area (TPSA) is 61.4 Å². The number of hydrogen-bond donors (Lipinski definition) is 2. The zero-order chi connectivity index (χ0) is 32.0. The molecular formula is C42H37N3O2. The van der Waals surface area contributed by atoms with Gasteiger partial charge in [0.1, 0.15) is 0 Å². The lowest BCUT2D eigenvalue weighted by Gasteiger charge is -2.37. The van der Waals surface area contributed by atoms with Crippen LogP contribution in [0.5, 0.6) is 0 Å². The number of nitrogens with one attached hydrogen (secondary N) is 2. The molecule has 47 heavy (non-hydrogen) atoms. The van der Waals surface area contributed by atoms with Gasteiger partial charge in [-0.25, -0.2) is 0 Å². The monoisotopic (exact) mass is 615 g/mol. The zero-order valence-electron chi connectivity index (χ0n) is 26.2. The van der Waals surface area contributed by atoms with Gasteiger partial charge in [0.05, 0.1) is 5.92 Å². The summed E-state index contributed by atoms with van der Waals surface area (Å²) >= 11 is 0. The molecule has 1 saturated heterocycles. The Bertz CT molecular complexity index is 1980. The summed E-state index contributed by atoms with van der Waals surface area (Å²) in [6.07, 6.45) is 1.82. The highest BCUT2D eigenvalue weighted by Crippen LogP contribution is 2.36. The van der Waals surface area contributed by atoms with Gasteiger partial charge >= 0.3 is 0 Å². The van der Waals surface area contributed by atoms with Gasteiger partial charge in [0.2, 0.25) is 5.91 Å². The first-order valence-corrected chi connectivity index (χ1v) is 16.3. The van der Waals surface area contributed by atoms with Crippen LogP contribution in [-0.4, -0.2) is 24.9 Å². The summed E-state index contributed by atoms with van der Waals surface area (Å²) in [5.74, 6) is -0.0709. The third-order valence-corrected chi connectivity index (χ3v) is 9.22.